The van der Waals surface area contributed by atoms with E-state index in [4.69, 9.17) is 14.2 Å². The maximum absolute atomic E-state index is 12.4. The molecule has 13 nitrogen and oxygen atoms in total. The Hall–Kier alpha value is -1.52. The summed E-state index contributed by atoms with van der Waals surface area (Å²) in [6, 6.07) is -1.32. The van der Waals surface area contributed by atoms with E-state index < -0.39 is 91.5 Å². The van der Waals surface area contributed by atoms with Gasteiger partial charge in [0, 0.05) is 19.0 Å². The van der Waals surface area contributed by atoms with Crippen molar-refractivity contribution in [1.29, 1.82) is 0 Å². The molecule has 3 aliphatic rings. The van der Waals surface area contributed by atoms with E-state index in [1.165, 1.54) is 0 Å². The van der Waals surface area contributed by atoms with Crippen LogP contribution in [0.3, 0.4) is 0 Å². The third kappa shape index (κ3) is 5.49. The number of aliphatic hydroxyl groups excluding tert-OH is 7. The highest BCUT2D eigenvalue weighted by molar-refractivity contribution is 6.22. The molecule has 1 aliphatic carbocycles. The van der Waals surface area contributed by atoms with Crippen molar-refractivity contribution in [1.82, 2.24) is 5.32 Å². The summed E-state index contributed by atoms with van der Waals surface area (Å²) in [5.74, 6) is -0.784. The average Bonchev–Trinajstić information content (AvgIpc) is 2.75. The van der Waals surface area contributed by atoms with Gasteiger partial charge in [0.15, 0.2) is 24.1 Å². The summed E-state index contributed by atoms with van der Waals surface area (Å²) in [7, 11) is 0. The van der Waals surface area contributed by atoms with Crippen molar-refractivity contribution < 1.29 is 59.5 Å². The third-order valence-corrected chi connectivity index (χ3v) is 6.31. The largest absolute Gasteiger partial charge is 0.394 e. The van der Waals surface area contributed by atoms with Gasteiger partial charge in [-0.1, -0.05) is 13.8 Å². The maximum Gasteiger partial charge on any atom is 0.187 e. The fraction of sp³-hybridized carbons (Fsp3) is 0.810. The minimum atomic E-state index is -1.77. The second kappa shape index (κ2) is 10.6. The molecular formula is C21H33NO12. The van der Waals surface area contributed by atoms with E-state index in [9.17, 15) is 45.3 Å². The number of hydrogen-bond donors (Lipinski definition) is 8. The van der Waals surface area contributed by atoms with E-state index in [0.29, 0.717) is 0 Å². The fourth-order valence-electron chi connectivity index (χ4n) is 4.38. The molecule has 10 atom stereocenters. The molecule has 0 bridgehead atoms. The van der Waals surface area contributed by atoms with E-state index in [1.807, 2.05) is 0 Å². The normalized spacial score (nSPS) is 43.0. The smallest absolute Gasteiger partial charge is 0.187 e. The number of carbonyl (C=O) groups is 2. The molecule has 2 aliphatic heterocycles. The van der Waals surface area contributed by atoms with Crippen LogP contribution in [0, 0.1) is 5.41 Å². The van der Waals surface area contributed by atoms with Crippen LogP contribution in [0.2, 0.25) is 0 Å². The van der Waals surface area contributed by atoms with E-state index in [1.54, 1.807) is 13.8 Å². The molecule has 0 aromatic rings. The van der Waals surface area contributed by atoms with E-state index >= 15 is 0 Å². The minimum absolute atomic E-state index is 0.116. The lowest BCUT2D eigenvalue weighted by molar-refractivity contribution is -0.345. The Kier molecular flexibility index (Phi) is 8.46. The molecule has 0 aromatic heterocycles. The summed E-state index contributed by atoms with van der Waals surface area (Å²) in [6.45, 7) is 2.18. The summed E-state index contributed by atoms with van der Waals surface area (Å²) < 4.78 is 16.1. The van der Waals surface area contributed by atoms with Crippen molar-refractivity contribution in [2.24, 2.45) is 5.41 Å². The first kappa shape index (κ1) is 27.1. The average molecular weight is 491 g/mol. The van der Waals surface area contributed by atoms with Crippen LogP contribution in [-0.4, -0.2) is 122 Å². The van der Waals surface area contributed by atoms with Crippen LogP contribution >= 0.6 is 0 Å². The lowest BCUT2D eigenvalue weighted by Gasteiger charge is -2.46. The van der Waals surface area contributed by atoms with Gasteiger partial charge in [0.25, 0.3) is 0 Å². The van der Waals surface area contributed by atoms with Crippen LogP contribution in [0.25, 0.3) is 0 Å². The molecule has 0 radical (unpaired) electrons. The van der Waals surface area contributed by atoms with E-state index in [-0.39, 0.29) is 18.4 Å². The molecule has 194 valence electrons. The Balaban J connectivity index is 1.76. The maximum atomic E-state index is 12.4. The van der Waals surface area contributed by atoms with Crippen molar-refractivity contribution in [2.75, 3.05) is 13.2 Å². The lowest BCUT2D eigenvalue weighted by Crippen LogP contribution is -2.66. The number of ketones is 2. The zero-order valence-electron chi connectivity index (χ0n) is 18.9. The second-order valence-electron chi connectivity index (χ2n) is 9.65. The summed E-state index contributed by atoms with van der Waals surface area (Å²) in [6.07, 6.45) is -12.7. The monoisotopic (exact) mass is 491 g/mol. The zero-order valence-corrected chi connectivity index (χ0v) is 18.9. The van der Waals surface area contributed by atoms with E-state index in [2.05, 4.69) is 5.32 Å². The predicted octanol–water partition coefficient (Wildman–Crippen LogP) is -3.96. The first-order valence-electron chi connectivity index (χ1n) is 11.0. The van der Waals surface area contributed by atoms with Gasteiger partial charge in [0.05, 0.1) is 18.8 Å². The number of rotatable bonds is 6. The Labute approximate surface area is 195 Å². The SMILES string of the molecule is CC1(C)CC(=O)C(=CNC2C(O)[C@H](O[C@@H]3OC(CO)[C@H](O)C(O)C3O)C(CO)O[C@H]2O)C(=O)C1. The molecule has 6 unspecified atom stereocenters. The molecule has 3 fully saturated rings. The van der Waals surface area contributed by atoms with Crippen LogP contribution in [0.15, 0.2) is 11.8 Å². The second-order valence-corrected chi connectivity index (χ2v) is 9.65. The van der Waals surface area contributed by atoms with Gasteiger partial charge in [-0.2, -0.15) is 0 Å². The van der Waals surface area contributed by atoms with Gasteiger partial charge in [-0.25, -0.2) is 0 Å². The van der Waals surface area contributed by atoms with Crippen LogP contribution < -0.4 is 5.32 Å². The molecule has 0 aromatic carbocycles. The topological polar surface area (TPSA) is 215 Å². The predicted molar refractivity (Wildman–Crippen MR) is 111 cm³/mol. The Morgan fingerprint density at radius 1 is 0.912 bits per heavy atom. The van der Waals surface area contributed by atoms with E-state index in [0.717, 1.165) is 6.20 Å². The summed E-state index contributed by atoms with van der Waals surface area (Å²) in [4.78, 5) is 24.8. The number of hydrogen-bond acceptors (Lipinski definition) is 13. The number of ether oxygens (including phenoxy) is 3. The molecule has 13 heteroatoms. The van der Waals surface area contributed by atoms with Gasteiger partial charge in [-0.15, -0.1) is 0 Å². The van der Waals surface area contributed by atoms with Gasteiger partial charge < -0.3 is 55.3 Å². The van der Waals surface area contributed by atoms with Crippen molar-refractivity contribution in [3.63, 3.8) is 0 Å². The molecular weight excluding hydrogens is 458 g/mol. The van der Waals surface area contributed by atoms with Gasteiger partial charge in [0.2, 0.25) is 0 Å². The number of allylic oxidation sites excluding steroid dienone is 1. The summed E-state index contributed by atoms with van der Waals surface area (Å²) >= 11 is 0. The fourth-order valence-corrected chi connectivity index (χ4v) is 4.38. The van der Waals surface area contributed by atoms with Crippen LogP contribution in [-0.2, 0) is 23.8 Å². The zero-order chi connectivity index (χ0) is 25.4. The first-order chi connectivity index (χ1) is 15.9. The van der Waals surface area contributed by atoms with Crippen molar-refractivity contribution in [3.8, 4) is 0 Å². The quantitative estimate of drug-likeness (QED) is 0.132. The first-order valence-corrected chi connectivity index (χ1v) is 11.0. The van der Waals surface area contributed by atoms with Gasteiger partial charge >= 0.3 is 0 Å². The van der Waals surface area contributed by atoms with Gasteiger partial charge in [-0.05, 0) is 5.41 Å². The van der Waals surface area contributed by atoms with Crippen molar-refractivity contribution >= 4 is 11.6 Å². The number of Topliss-reactive ketones (excluding diaryl/α,β-unsaturated/α-hetero) is 2. The number of aliphatic hydroxyl groups is 7. The molecule has 2 heterocycles. The minimum Gasteiger partial charge on any atom is -0.394 e. The standard InChI is InChI=1S/C21H33NO12/c1-21(2)3-9(25)8(10(26)4-21)5-22-13-15(28)18(12(7-24)32-19(13)31)34-20-17(30)16(29)14(27)11(6-23)33-20/h5,11-20,22-24,27-31H,3-4,6-7H2,1-2H3/t11?,12?,13?,14-,15?,16?,17?,18+,19+,20-/m0/s1. The highest BCUT2D eigenvalue weighted by atomic mass is 16.7. The molecule has 1 saturated carbocycles. The summed E-state index contributed by atoms with van der Waals surface area (Å²) in [5, 5.41) is 72.9. The van der Waals surface area contributed by atoms with Gasteiger partial charge in [-0.3, -0.25) is 9.59 Å². The number of nitrogens with one attached hydrogen (secondary N) is 1. The third-order valence-electron chi connectivity index (χ3n) is 6.31. The molecule has 2 saturated heterocycles. The summed E-state index contributed by atoms with van der Waals surface area (Å²) in [5.41, 5.74) is -0.591. The van der Waals surface area contributed by atoms with Crippen LogP contribution in [0.5, 0.6) is 0 Å². The Bertz CT molecular complexity index is 764. The molecule has 0 amide bonds. The Morgan fingerprint density at radius 2 is 1.50 bits per heavy atom. The van der Waals surface area contributed by atoms with Crippen molar-refractivity contribution in [3.05, 3.63) is 11.8 Å². The molecule has 3 rings (SSSR count). The molecule has 34 heavy (non-hydrogen) atoms. The molecule has 8 N–H and O–H groups in total. The van der Waals surface area contributed by atoms with Crippen LogP contribution in [0.1, 0.15) is 26.7 Å². The highest BCUT2D eigenvalue weighted by Gasteiger charge is 2.50. The lowest BCUT2D eigenvalue weighted by atomic mass is 9.74. The Morgan fingerprint density at radius 3 is 2.06 bits per heavy atom. The van der Waals surface area contributed by atoms with Crippen LogP contribution in [0.4, 0.5) is 0 Å². The highest BCUT2D eigenvalue weighted by Crippen LogP contribution is 2.34. The number of carbonyl (C=O) groups excluding carboxylic acids is 2. The van der Waals surface area contributed by atoms with Crippen molar-refractivity contribution in [2.45, 2.75) is 88.0 Å². The van der Waals surface area contributed by atoms with Gasteiger partial charge in [0.1, 0.15) is 48.8 Å². The molecule has 0 spiro atoms.